The number of sulfone groups is 1. The highest BCUT2D eigenvalue weighted by Gasteiger charge is 2.34. The van der Waals surface area contributed by atoms with E-state index in [0.717, 1.165) is 23.0 Å². The van der Waals surface area contributed by atoms with Crippen LogP contribution in [0.4, 0.5) is 14.6 Å². The van der Waals surface area contributed by atoms with Gasteiger partial charge in [-0.25, -0.2) is 36.5 Å². The molecule has 0 aliphatic carbocycles. The minimum atomic E-state index is -3.92. The first kappa shape index (κ1) is 28.0. The van der Waals surface area contributed by atoms with E-state index in [1.54, 1.807) is 9.80 Å². The second-order valence-corrected chi connectivity index (χ2v) is 11.8. The van der Waals surface area contributed by atoms with Crippen molar-refractivity contribution in [2.45, 2.75) is 31.0 Å². The van der Waals surface area contributed by atoms with Gasteiger partial charge in [-0.1, -0.05) is 18.7 Å². The van der Waals surface area contributed by atoms with Gasteiger partial charge < -0.3 is 9.80 Å². The molecule has 1 aromatic carbocycles. The minimum Gasteiger partial charge on any atom is -0.349 e. The lowest BCUT2D eigenvalue weighted by molar-refractivity contribution is -0.128. The lowest BCUT2D eigenvalue weighted by Crippen LogP contribution is -2.58. The van der Waals surface area contributed by atoms with Crippen molar-refractivity contribution in [2.75, 3.05) is 24.2 Å². The van der Waals surface area contributed by atoms with Gasteiger partial charge in [-0.2, -0.15) is 4.98 Å². The number of benzene rings is 1. The first-order valence-electron chi connectivity index (χ1n) is 12.7. The standard InChI is InChI=1S/C28H26F2N6O4S/c1-5-23(37)34-14-17(3)35(15-16(34)2)25-19-13-21(30)24(18-9-6-7-10-20(18)29)32-26(19)36(28(38)33-25)22-11-8-12-31-27(22)41(4,39)40/h5-13,16-17H,1,14-15H2,2-4H3/t16-,17-/m0/s1. The van der Waals surface area contributed by atoms with E-state index in [-0.39, 0.29) is 64.9 Å². The van der Waals surface area contributed by atoms with Crippen molar-refractivity contribution >= 4 is 32.6 Å². The fourth-order valence-electron chi connectivity index (χ4n) is 5.07. The van der Waals surface area contributed by atoms with Gasteiger partial charge in [0.1, 0.15) is 23.1 Å². The van der Waals surface area contributed by atoms with Gasteiger partial charge in [0, 0.05) is 43.2 Å². The van der Waals surface area contributed by atoms with Crippen molar-refractivity contribution in [3.63, 3.8) is 0 Å². The third-order valence-corrected chi connectivity index (χ3v) is 8.01. The van der Waals surface area contributed by atoms with Crippen LogP contribution in [0.1, 0.15) is 13.8 Å². The van der Waals surface area contributed by atoms with Crippen molar-refractivity contribution in [1.82, 2.24) is 24.4 Å². The van der Waals surface area contributed by atoms with E-state index >= 15 is 4.39 Å². The minimum absolute atomic E-state index is 0.0908. The molecule has 13 heteroatoms. The maximum absolute atomic E-state index is 15.7. The molecule has 41 heavy (non-hydrogen) atoms. The molecule has 0 bridgehead atoms. The van der Waals surface area contributed by atoms with Crippen LogP contribution in [0.25, 0.3) is 28.0 Å². The number of aromatic nitrogens is 4. The van der Waals surface area contributed by atoms with Gasteiger partial charge in [-0.05, 0) is 50.3 Å². The van der Waals surface area contributed by atoms with Crippen LogP contribution in [0.15, 0.2) is 71.1 Å². The first-order valence-corrected chi connectivity index (χ1v) is 14.5. The predicted molar refractivity (Wildman–Crippen MR) is 150 cm³/mol. The summed E-state index contributed by atoms with van der Waals surface area (Å²) in [6.45, 7) is 7.74. The summed E-state index contributed by atoms with van der Waals surface area (Å²) >= 11 is 0. The summed E-state index contributed by atoms with van der Waals surface area (Å²) < 4.78 is 56.6. The monoisotopic (exact) mass is 580 g/mol. The van der Waals surface area contributed by atoms with Crippen molar-refractivity contribution in [1.29, 1.82) is 0 Å². The molecular weight excluding hydrogens is 554 g/mol. The zero-order valence-electron chi connectivity index (χ0n) is 22.5. The molecular formula is C28H26F2N6O4S. The number of piperazine rings is 1. The van der Waals surface area contributed by atoms with E-state index < -0.39 is 32.2 Å². The topological polar surface area (TPSA) is 118 Å². The summed E-state index contributed by atoms with van der Waals surface area (Å²) in [5.74, 6) is -1.75. The van der Waals surface area contributed by atoms with Crippen LogP contribution in [0, 0.1) is 11.6 Å². The molecule has 0 unspecified atom stereocenters. The fraction of sp³-hybridized carbons (Fsp3) is 0.250. The lowest BCUT2D eigenvalue weighted by Gasteiger charge is -2.44. The number of halogens is 2. The number of carbonyl (C=O) groups is 1. The van der Waals surface area contributed by atoms with Gasteiger partial charge in [-0.3, -0.25) is 4.79 Å². The summed E-state index contributed by atoms with van der Waals surface area (Å²) in [6, 6.07) is 8.73. The molecule has 1 aliphatic rings. The van der Waals surface area contributed by atoms with Crippen LogP contribution >= 0.6 is 0 Å². The Morgan fingerprint density at radius 1 is 1.05 bits per heavy atom. The van der Waals surface area contributed by atoms with E-state index in [0.29, 0.717) is 0 Å². The molecule has 10 nitrogen and oxygen atoms in total. The second-order valence-electron chi connectivity index (χ2n) is 9.87. The number of pyridine rings is 2. The van der Waals surface area contributed by atoms with Crippen LogP contribution in [0.5, 0.6) is 0 Å². The molecule has 0 spiro atoms. The van der Waals surface area contributed by atoms with E-state index in [2.05, 4.69) is 21.5 Å². The number of fused-ring (bicyclic) bond motifs is 1. The summed E-state index contributed by atoms with van der Waals surface area (Å²) in [7, 11) is -3.92. The number of anilines is 1. The van der Waals surface area contributed by atoms with Gasteiger partial charge in [-0.15, -0.1) is 0 Å². The van der Waals surface area contributed by atoms with Crippen LogP contribution in [-0.2, 0) is 14.6 Å². The maximum atomic E-state index is 15.7. The predicted octanol–water partition coefficient (Wildman–Crippen LogP) is 3.14. The Bertz CT molecular complexity index is 1880. The number of hydrogen-bond donors (Lipinski definition) is 0. The van der Waals surface area contributed by atoms with Crippen molar-refractivity contribution in [3.8, 4) is 16.9 Å². The molecule has 2 atom stereocenters. The third kappa shape index (κ3) is 4.97. The zero-order chi connectivity index (χ0) is 29.6. The average molecular weight is 581 g/mol. The van der Waals surface area contributed by atoms with Gasteiger partial charge >= 0.3 is 5.69 Å². The van der Waals surface area contributed by atoms with Crippen molar-refractivity contribution in [3.05, 3.63) is 83.4 Å². The number of carbonyl (C=O) groups excluding carboxylic acids is 1. The fourth-order valence-corrected chi connectivity index (χ4v) is 5.86. The number of rotatable bonds is 5. The smallest absolute Gasteiger partial charge is 0.349 e. The summed E-state index contributed by atoms with van der Waals surface area (Å²) in [5, 5.41) is -0.317. The molecule has 0 radical (unpaired) electrons. The third-order valence-electron chi connectivity index (χ3n) is 6.99. The molecule has 212 valence electrons. The molecule has 0 N–H and O–H groups in total. The molecule has 3 aromatic heterocycles. The Morgan fingerprint density at radius 2 is 1.78 bits per heavy atom. The Labute approximate surface area is 234 Å². The van der Waals surface area contributed by atoms with Gasteiger partial charge in [0.15, 0.2) is 20.5 Å². The Hall–Kier alpha value is -4.52. The highest BCUT2D eigenvalue weighted by atomic mass is 32.2. The largest absolute Gasteiger partial charge is 0.355 e. The van der Waals surface area contributed by atoms with Crippen LogP contribution in [-0.4, -0.2) is 70.2 Å². The molecule has 4 heterocycles. The highest BCUT2D eigenvalue weighted by molar-refractivity contribution is 7.90. The lowest BCUT2D eigenvalue weighted by atomic mass is 10.1. The molecule has 1 fully saturated rings. The van der Waals surface area contributed by atoms with Gasteiger partial charge in [0.25, 0.3) is 0 Å². The normalized spacial score (nSPS) is 17.6. The number of hydrogen-bond acceptors (Lipinski definition) is 8. The maximum Gasteiger partial charge on any atom is 0.355 e. The summed E-state index contributed by atoms with van der Waals surface area (Å²) in [5.41, 5.74) is -1.67. The Morgan fingerprint density at radius 3 is 2.46 bits per heavy atom. The molecule has 5 rings (SSSR count). The molecule has 1 amide bonds. The molecule has 1 saturated heterocycles. The average Bonchev–Trinajstić information content (AvgIpc) is 2.93. The number of nitrogens with zero attached hydrogens (tertiary/aromatic N) is 6. The SMILES string of the molecule is C=CC(=O)N1C[C@H](C)N(c2nc(=O)n(-c3cccnc3S(C)(=O)=O)c3nc(-c4ccccc4F)c(F)cc23)C[C@@H]1C. The van der Waals surface area contributed by atoms with Gasteiger partial charge in [0.05, 0.1) is 11.1 Å². The van der Waals surface area contributed by atoms with E-state index in [1.165, 1.54) is 42.6 Å². The van der Waals surface area contributed by atoms with Gasteiger partial charge in [0.2, 0.25) is 5.91 Å². The van der Waals surface area contributed by atoms with Crippen molar-refractivity contribution < 1.29 is 22.0 Å². The van der Waals surface area contributed by atoms with E-state index in [1.807, 2.05) is 13.8 Å². The second kappa shape index (κ2) is 10.5. The van der Waals surface area contributed by atoms with Crippen LogP contribution in [0.3, 0.4) is 0 Å². The van der Waals surface area contributed by atoms with Crippen molar-refractivity contribution in [2.24, 2.45) is 0 Å². The van der Waals surface area contributed by atoms with Crippen LogP contribution < -0.4 is 10.6 Å². The first-order chi connectivity index (χ1) is 19.4. The van der Waals surface area contributed by atoms with E-state index in [4.69, 9.17) is 0 Å². The Balaban J connectivity index is 1.83. The highest BCUT2D eigenvalue weighted by Crippen LogP contribution is 2.33. The number of amides is 1. The molecule has 0 saturated carbocycles. The zero-order valence-corrected chi connectivity index (χ0v) is 23.3. The molecule has 4 aromatic rings. The molecule has 1 aliphatic heterocycles. The quantitative estimate of drug-likeness (QED) is 0.331. The Kier molecular flexibility index (Phi) is 7.15. The summed E-state index contributed by atoms with van der Waals surface area (Å²) in [4.78, 5) is 42.1. The van der Waals surface area contributed by atoms with Crippen LogP contribution in [0.2, 0.25) is 0 Å². The summed E-state index contributed by atoms with van der Waals surface area (Å²) in [6.07, 6.45) is 3.43. The van der Waals surface area contributed by atoms with E-state index in [9.17, 15) is 22.4 Å².